The minimum atomic E-state index is 0.428. The molecule has 3 rings (SSSR count). The van der Waals surface area contributed by atoms with Gasteiger partial charge in [-0.05, 0) is 32.1 Å². The van der Waals surface area contributed by atoms with Crippen LogP contribution in [0.5, 0.6) is 0 Å². The molecule has 0 bridgehead atoms. The first-order valence-electron chi connectivity index (χ1n) is 11.2. The molecule has 142 valence electrons. The fraction of sp³-hybridized carbons (Fsp3) is 0.864. The van der Waals surface area contributed by atoms with E-state index in [1.165, 1.54) is 108 Å². The lowest BCUT2D eigenvalue weighted by Gasteiger charge is -2.28. The van der Waals surface area contributed by atoms with Crippen LogP contribution in [-0.4, -0.2) is 16.0 Å². The minimum absolute atomic E-state index is 0.428. The summed E-state index contributed by atoms with van der Waals surface area (Å²) in [5.74, 6) is 1.94. The summed E-state index contributed by atoms with van der Waals surface area (Å²) in [6.07, 6.45) is 22.5. The van der Waals surface area contributed by atoms with Gasteiger partial charge in [-0.25, -0.2) is 4.98 Å². The maximum Gasteiger partial charge on any atom is 0.123 e. The molecule has 3 heteroatoms. The van der Waals surface area contributed by atoms with Gasteiger partial charge in [0, 0.05) is 23.9 Å². The molecule has 0 amide bonds. The van der Waals surface area contributed by atoms with Gasteiger partial charge < -0.3 is 10.3 Å². The van der Waals surface area contributed by atoms with E-state index in [2.05, 4.69) is 23.4 Å². The molecule has 0 saturated heterocycles. The second-order valence-electron chi connectivity index (χ2n) is 8.46. The van der Waals surface area contributed by atoms with Gasteiger partial charge in [-0.1, -0.05) is 71.1 Å². The normalized spacial score (nSPS) is 21.5. The van der Waals surface area contributed by atoms with Crippen LogP contribution in [0.4, 0.5) is 0 Å². The number of rotatable bonds is 9. The average molecular weight is 346 g/mol. The number of hydrogen-bond donors (Lipinski definition) is 2. The lowest BCUT2D eigenvalue weighted by molar-refractivity contribution is 0.319. The highest BCUT2D eigenvalue weighted by atomic mass is 15.0. The molecule has 2 fully saturated rings. The summed E-state index contributed by atoms with van der Waals surface area (Å²) in [5, 5.41) is 3.97. The molecule has 2 saturated carbocycles. The standard InChI is InChI=1S/C22H39N3/c1-2-3-4-11-16-20(24-19-14-9-6-10-15-19)22-23-17-21(25-22)18-12-7-5-8-13-18/h17-20,24H,2-16H2,1H3,(H,23,25). The third-order valence-electron chi connectivity index (χ3n) is 6.38. The quantitative estimate of drug-likeness (QED) is 0.509. The molecule has 0 spiro atoms. The molecule has 2 aliphatic rings. The fourth-order valence-corrected chi connectivity index (χ4v) is 4.78. The van der Waals surface area contributed by atoms with E-state index < -0.39 is 0 Å². The number of hydrogen-bond acceptors (Lipinski definition) is 2. The Morgan fingerprint density at radius 2 is 1.72 bits per heavy atom. The average Bonchev–Trinajstić information content (AvgIpc) is 3.16. The van der Waals surface area contributed by atoms with Crippen molar-refractivity contribution >= 4 is 0 Å². The van der Waals surface area contributed by atoms with E-state index in [1.54, 1.807) is 0 Å². The van der Waals surface area contributed by atoms with Crippen molar-refractivity contribution in [3.63, 3.8) is 0 Å². The van der Waals surface area contributed by atoms with E-state index in [9.17, 15) is 0 Å². The van der Waals surface area contributed by atoms with Crippen molar-refractivity contribution in [2.75, 3.05) is 0 Å². The summed E-state index contributed by atoms with van der Waals surface area (Å²) >= 11 is 0. The zero-order valence-corrected chi connectivity index (χ0v) is 16.4. The summed E-state index contributed by atoms with van der Waals surface area (Å²) in [5.41, 5.74) is 1.40. The lowest BCUT2D eigenvalue weighted by Crippen LogP contribution is -2.35. The first kappa shape index (κ1) is 18.9. The Labute approximate surface area is 154 Å². The van der Waals surface area contributed by atoms with Crippen LogP contribution < -0.4 is 5.32 Å². The van der Waals surface area contributed by atoms with E-state index in [-0.39, 0.29) is 0 Å². The number of aromatic nitrogens is 2. The highest BCUT2D eigenvalue weighted by Crippen LogP contribution is 2.32. The number of H-pyrrole nitrogens is 1. The van der Waals surface area contributed by atoms with Gasteiger partial charge in [0.05, 0.1) is 6.04 Å². The maximum absolute atomic E-state index is 4.84. The molecule has 2 N–H and O–H groups in total. The smallest absolute Gasteiger partial charge is 0.123 e. The number of unbranched alkanes of at least 4 members (excludes halogenated alkanes) is 3. The third kappa shape index (κ3) is 5.84. The number of imidazole rings is 1. The Morgan fingerprint density at radius 1 is 1.00 bits per heavy atom. The van der Waals surface area contributed by atoms with Crippen molar-refractivity contribution in [2.45, 2.75) is 121 Å². The van der Waals surface area contributed by atoms with E-state index in [4.69, 9.17) is 4.98 Å². The molecule has 1 aromatic rings. The van der Waals surface area contributed by atoms with Crippen LogP contribution in [0, 0.1) is 0 Å². The minimum Gasteiger partial charge on any atom is -0.344 e. The fourth-order valence-electron chi connectivity index (χ4n) is 4.78. The summed E-state index contributed by atoms with van der Waals surface area (Å²) < 4.78 is 0. The molecule has 0 aliphatic heterocycles. The second-order valence-corrected chi connectivity index (χ2v) is 8.46. The van der Waals surface area contributed by atoms with Crippen LogP contribution in [0.3, 0.4) is 0 Å². The number of nitrogens with zero attached hydrogens (tertiary/aromatic N) is 1. The molecule has 2 aliphatic carbocycles. The molecular formula is C22H39N3. The van der Waals surface area contributed by atoms with Gasteiger partial charge in [0.25, 0.3) is 0 Å². The van der Waals surface area contributed by atoms with Crippen LogP contribution in [0.25, 0.3) is 0 Å². The molecule has 1 atom stereocenters. The van der Waals surface area contributed by atoms with Crippen molar-refractivity contribution in [2.24, 2.45) is 0 Å². The molecule has 1 heterocycles. The summed E-state index contributed by atoms with van der Waals surface area (Å²) in [6.45, 7) is 2.29. The molecule has 0 radical (unpaired) electrons. The van der Waals surface area contributed by atoms with Crippen LogP contribution in [0.15, 0.2) is 6.20 Å². The van der Waals surface area contributed by atoms with Crippen molar-refractivity contribution in [3.8, 4) is 0 Å². The number of aromatic amines is 1. The van der Waals surface area contributed by atoms with Crippen LogP contribution in [0.1, 0.15) is 127 Å². The molecule has 1 aromatic heterocycles. The largest absolute Gasteiger partial charge is 0.344 e. The third-order valence-corrected chi connectivity index (χ3v) is 6.38. The topological polar surface area (TPSA) is 40.7 Å². The van der Waals surface area contributed by atoms with Crippen molar-refractivity contribution in [3.05, 3.63) is 17.7 Å². The Morgan fingerprint density at radius 3 is 2.44 bits per heavy atom. The maximum atomic E-state index is 4.84. The molecule has 25 heavy (non-hydrogen) atoms. The van der Waals surface area contributed by atoms with Crippen molar-refractivity contribution in [1.82, 2.24) is 15.3 Å². The lowest BCUT2D eigenvalue weighted by atomic mass is 9.87. The Bertz CT molecular complexity index is 469. The monoisotopic (exact) mass is 345 g/mol. The van der Waals surface area contributed by atoms with E-state index in [1.807, 2.05) is 0 Å². The molecule has 0 aromatic carbocycles. The van der Waals surface area contributed by atoms with Gasteiger partial charge in [-0.3, -0.25) is 0 Å². The van der Waals surface area contributed by atoms with Gasteiger partial charge in [0.1, 0.15) is 5.82 Å². The van der Waals surface area contributed by atoms with Crippen molar-refractivity contribution < 1.29 is 0 Å². The van der Waals surface area contributed by atoms with Crippen LogP contribution in [0.2, 0.25) is 0 Å². The summed E-state index contributed by atoms with van der Waals surface area (Å²) in [4.78, 5) is 8.58. The Kier molecular flexibility index (Phi) is 7.84. The van der Waals surface area contributed by atoms with Gasteiger partial charge in [-0.2, -0.15) is 0 Å². The molecule has 1 unspecified atom stereocenters. The van der Waals surface area contributed by atoms with Gasteiger partial charge in [-0.15, -0.1) is 0 Å². The van der Waals surface area contributed by atoms with Gasteiger partial charge in [0.15, 0.2) is 0 Å². The zero-order valence-electron chi connectivity index (χ0n) is 16.4. The molecular weight excluding hydrogens is 306 g/mol. The second kappa shape index (κ2) is 10.4. The van der Waals surface area contributed by atoms with Gasteiger partial charge in [0.2, 0.25) is 0 Å². The Balaban J connectivity index is 1.61. The zero-order chi connectivity index (χ0) is 17.3. The van der Waals surface area contributed by atoms with Crippen LogP contribution in [-0.2, 0) is 0 Å². The first-order chi connectivity index (χ1) is 12.4. The predicted octanol–water partition coefficient (Wildman–Crippen LogP) is 6.39. The SMILES string of the molecule is CCCCCCC(NC1CCCCC1)c1ncc(C2CCCCC2)[nH]1. The van der Waals surface area contributed by atoms with Crippen molar-refractivity contribution in [1.29, 1.82) is 0 Å². The van der Waals surface area contributed by atoms with E-state index >= 15 is 0 Å². The highest BCUT2D eigenvalue weighted by molar-refractivity contribution is 5.11. The Hall–Kier alpha value is -0.830. The predicted molar refractivity (Wildman–Crippen MR) is 106 cm³/mol. The summed E-state index contributed by atoms with van der Waals surface area (Å²) in [7, 11) is 0. The molecule has 3 nitrogen and oxygen atoms in total. The van der Waals surface area contributed by atoms with E-state index in [0.29, 0.717) is 12.1 Å². The van der Waals surface area contributed by atoms with Gasteiger partial charge >= 0.3 is 0 Å². The summed E-state index contributed by atoms with van der Waals surface area (Å²) in [6, 6.07) is 1.13. The first-order valence-corrected chi connectivity index (χ1v) is 11.2. The van der Waals surface area contributed by atoms with E-state index in [0.717, 1.165) is 5.92 Å². The van der Waals surface area contributed by atoms with Crippen LogP contribution >= 0.6 is 0 Å². The highest BCUT2D eigenvalue weighted by Gasteiger charge is 2.23. The number of nitrogens with one attached hydrogen (secondary N) is 2.